The second-order valence-corrected chi connectivity index (χ2v) is 5.63. The van der Waals surface area contributed by atoms with Gasteiger partial charge in [-0.25, -0.2) is 4.68 Å². The molecule has 1 unspecified atom stereocenters. The van der Waals surface area contributed by atoms with Crippen LogP contribution in [0.25, 0.3) is 5.69 Å². The third kappa shape index (κ3) is 3.30. The van der Waals surface area contributed by atoms with Gasteiger partial charge in [-0.05, 0) is 47.4 Å². The molecule has 1 aromatic heterocycles. The average molecular weight is 301 g/mol. The van der Waals surface area contributed by atoms with Gasteiger partial charge in [0.2, 0.25) is 0 Å². The summed E-state index contributed by atoms with van der Waals surface area (Å²) in [6.45, 7) is 0.290. The van der Waals surface area contributed by atoms with E-state index < -0.39 is 6.10 Å². The molecule has 0 radical (unpaired) electrons. The van der Waals surface area contributed by atoms with Crippen LogP contribution in [0.4, 0.5) is 0 Å². The summed E-state index contributed by atoms with van der Waals surface area (Å²) >= 11 is 0. The molecule has 116 valence electrons. The van der Waals surface area contributed by atoms with Gasteiger partial charge < -0.3 is 10.4 Å². The van der Waals surface area contributed by atoms with Crippen molar-refractivity contribution < 1.29 is 9.90 Å². The normalized spacial score (nSPS) is 16.6. The van der Waals surface area contributed by atoms with Crippen molar-refractivity contribution in [2.45, 2.75) is 31.8 Å². The number of rotatable bonds is 5. The molecule has 3 rings (SSSR count). The molecule has 0 saturated heterocycles. The zero-order valence-electron chi connectivity index (χ0n) is 12.2. The Bertz CT molecular complexity index is 623. The molecule has 2 aromatic rings. The number of nitrogens with zero attached hydrogens (tertiary/aromatic N) is 4. The summed E-state index contributed by atoms with van der Waals surface area (Å²) in [4.78, 5) is 12.2. The second-order valence-electron chi connectivity index (χ2n) is 5.63. The van der Waals surface area contributed by atoms with Crippen LogP contribution in [0.15, 0.2) is 30.6 Å². The first-order valence-corrected chi connectivity index (χ1v) is 7.54. The van der Waals surface area contributed by atoms with E-state index in [4.69, 9.17) is 0 Å². The molecule has 1 aromatic carbocycles. The van der Waals surface area contributed by atoms with Crippen molar-refractivity contribution in [1.82, 2.24) is 25.5 Å². The van der Waals surface area contributed by atoms with Crippen LogP contribution in [0.2, 0.25) is 0 Å². The number of carbonyl (C=O) groups excluding carboxylic acids is 1. The highest BCUT2D eigenvalue weighted by atomic mass is 16.3. The largest absolute Gasteiger partial charge is 0.391 e. The van der Waals surface area contributed by atoms with Crippen molar-refractivity contribution in [3.05, 3.63) is 36.2 Å². The average Bonchev–Trinajstić information content (AvgIpc) is 3.25. The van der Waals surface area contributed by atoms with Gasteiger partial charge in [0.15, 0.2) is 0 Å². The number of hydrogen-bond acceptors (Lipinski definition) is 5. The van der Waals surface area contributed by atoms with Crippen molar-refractivity contribution in [1.29, 1.82) is 0 Å². The van der Waals surface area contributed by atoms with Gasteiger partial charge in [0.05, 0.1) is 11.8 Å². The van der Waals surface area contributed by atoms with Gasteiger partial charge in [-0.15, -0.1) is 5.10 Å². The van der Waals surface area contributed by atoms with E-state index in [-0.39, 0.29) is 5.91 Å². The van der Waals surface area contributed by atoms with Gasteiger partial charge >= 0.3 is 0 Å². The molecule has 2 N–H and O–H groups in total. The quantitative estimate of drug-likeness (QED) is 0.857. The predicted molar refractivity (Wildman–Crippen MR) is 79.5 cm³/mol. The summed E-state index contributed by atoms with van der Waals surface area (Å²) in [7, 11) is 0. The molecule has 22 heavy (non-hydrogen) atoms. The first-order valence-electron chi connectivity index (χ1n) is 7.54. The number of aliphatic hydroxyl groups is 1. The van der Waals surface area contributed by atoms with Crippen LogP contribution in [0.1, 0.15) is 36.0 Å². The molecule has 7 nitrogen and oxygen atoms in total. The minimum atomic E-state index is -0.464. The van der Waals surface area contributed by atoms with Gasteiger partial charge in [-0.1, -0.05) is 18.9 Å². The number of amides is 1. The summed E-state index contributed by atoms with van der Waals surface area (Å²) in [5.41, 5.74) is 1.24. The molecule has 1 fully saturated rings. The Hall–Kier alpha value is -2.28. The lowest BCUT2D eigenvalue weighted by atomic mass is 10.0. The third-order valence-corrected chi connectivity index (χ3v) is 4.14. The van der Waals surface area contributed by atoms with Gasteiger partial charge in [-0.3, -0.25) is 4.79 Å². The van der Waals surface area contributed by atoms with E-state index in [0.29, 0.717) is 23.7 Å². The highest BCUT2D eigenvalue weighted by Crippen LogP contribution is 2.27. The lowest BCUT2D eigenvalue weighted by Gasteiger charge is -2.18. The SMILES string of the molecule is O=C(NCC(O)C1CCCC1)c1cccc(-n2cnnn2)c1. The van der Waals surface area contributed by atoms with Crippen LogP contribution in [0.3, 0.4) is 0 Å². The van der Waals surface area contributed by atoms with E-state index in [1.807, 2.05) is 6.07 Å². The van der Waals surface area contributed by atoms with Crippen molar-refractivity contribution in [2.24, 2.45) is 5.92 Å². The molecule has 0 spiro atoms. The molecule has 1 aliphatic carbocycles. The molecule has 1 atom stereocenters. The van der Waals surface area contributed by atoms with Crippen LogP contribution in [0.5, 0.6) is 0 Å². The van der Waals surface area contributed by atoms with Crippen LogP contribution in [-0.4, -0.2) is 43.9 Å². The van der Waals surface area contributed by atoms with Crippen molar-refractivity contribution >= 4 is 5.91 Å². The minimum Gasteiger partial charge on any atom is -0.391 e. The van der Waals surface area contributed by atoms with E-state index in [2.05, 4.69) is 20.8 Å². The van der Waals surface area contributed by atoms with Crippen molar-refractivity contribution in [3.63, 3.8) is 0 Å². The maximum atomic E-state index is 12.2. The fourth-order valence-corrected chi connectivity index (χ4v) is 2.88. The van der Waals surface area contributed by atoms with Gasteiger partial charge in [0.25, 0.3) is 5.91 Å². The highest BCUT2D eigenvalue weighted by molar-refractivity contribution is 5.94. The van der Waals surface area contributed by atoms with Crippen LogP contribution in [-0.2, 0) is 0 Å². The smallest absolute Gasteiger partial charge is 0.251 e. The Labute approximate surface area is 128 Å². The first kappa shape index (κ1) is 14.6. The third-order valence-electron chi connectivity index (χ3n) is 4.14. The van der Waals surface area contributed by atoms with Crippen molar-refractivity contribution in [2.75, 3.05) is 6.54 Å². The van der Waals surface area contributed by atoms with Crippen LogP contribution >= 0.6 is 0 Å². The zero-order chi connectivity index (χ0) is 15.4. The lowest BCUT2D eigenvalue weighted by Crippen LogP contribution is -2.35. The fourth-order valence-electron chi connectivity index (χ4n) is 2.88. The van der Waals surface area contributed by atoms with E-state index >= 15 is 0 Å². The Balaban J connectivity index is 1.61. The van der Waals surface area contributed by atoms with Gasteiger partial charge in [0.1, 0.15) is 6.33 Å². The molecule has 1 saturated carbocycles. The second kappa shape index (κ2) is 6.65. The topological polar surface area (TPSA) is 92.9 Å². The van der Waals surface area contributed by atoms with Crippen LogP contribution in [0, 0.1) is 5.92 Å². The summed E-state index contributed by atoms with van der Waals surface area (Å²) in [6.07, 6.45) is 5.44. The van der Waals surface area contributed by atoms with Crippen molar-refractivity contribution in [3.8, 4) is 5.69 Å². The molecule has 1 amide bonds. The first-order chi connectivity index (χ1) is 10.7. The standard InChI is InChI=1S/C15H19N5O2/c21-14(11-4-1-2-5-11)9-16-15(22)12-6-3-7-13(8-12)20-10-17-18-19-20/h3,6-8,10-11,14,21H,1-2,4-5,9H2,(H,16,22). The van der Waals surface area contributed by atoms with E-state index in [1.165, 1.54) is 23.9 Å². The van der Waals surface area contributed by atoms with Gasteiger partial charge in [-0.2, -0.15) is 0 Å². The summed E-state index contributed by atoms with van der Waals surface area (Å²) in [5, 5.41) is 23.9. The maximum Gasteiger partial charge on any atom is 0.251 e. The number of tetrazole rings is 1. The zero-order valence-corrected chi connectivity index (χ0v) is 12.2. The predicted octanol–water partition coefficient (Wildman–Crippen LogP) is 0.943. The van der Waals surface area contributed by atoms with Gasteiger partial charge in [0, 0.05) is 12.1 Å². The van der Waals surface area contributed by atoms with E-state index in [1.54, 1.807) is 18.2 Å². The highest BCUT2D eigenvalue weighted by Gasteiger charge is 2.23. The summed E-state index contributed by atoms with van der Waals surface area (Å²) in [6, 6.07) is 7.04. The molecular weight excluding hydrogens is 282 g/mol. The Morgan fingerprint density at radius 2 is 2.23 bits per heavy atom. The van der Waals surface area contributed by atoms with Crippen LogP contribution < -0.4 is 5.32 Å². The monoisotopic (exact) mass is 301 g/mol. The Morgan fingerprint density at radius 1 is 1.41 bits per heavy atom. The molecular formula is C15H19N5O2. The summed E-state index contributed by atoms with van der Waals surface area (Å²) in [5.74, 6) is 0.111. The summed E-state index contributed by atoms with van der Waals surface area (Å²) < 4.78 is 1.49. The fraction of sp³-hybridized carbons (Fsp3) is 0.467. The number of hydrogen-bond donors (Lipinski definition) is 2. The molecule has 1 aliphatic rings. The maximum absolute atomic E-state index is 12.2. The lowest BCUT2D eigenvalue weighted by molar-refractivity contribution is 0.0840. The molecule has 7 heteroatoms. The Kier molecular flexibility index (Phi) is 4.43. The molecule has 0 aliphatic heterocycles. The number of nitrogens with one attached hydrogen (secondary N) is 1. The number of aromatic nitrogens is 4. The number of aliphatic hydroxyl groups excluding tert-OH is 1. The van der Waals surface area contributed by atoms with E-state index in [9.17, 15) is 9.90 Å². The van der Waals surface area contributed by atoms with E-state index in [0.717, 1.165) is 12.8 Å². The molecule has 0 bridgehead atoms. The number of carbonyl (C=O) groups is 1. The molecule has 1 heterocycles. The minimum absolute atomic E-state index is 0.202. The number of benzene rings is 1. The Morgan fingerprint density at radius 3 is 2.95 bits per heavy atom.